The quantitative estimate of drug-likeness (QED) is 0.794. The fourth-order valence-electron chi connectivity index (χ4n) is 1.88. The number of nitrogens with two attached hydrogens (primary N) is 1. The number of hydrogen-bond acceptors (Lipinski definition) is 3. The molecule has 4 heteroatoms. The van der Waals surface area contributed by atoms with Crippen LogP contribution >= 0.6 is 0 Å². The molecule has 0 saturated carbocycles. The first-order valence-corrected chi connectivity index (χ1v) is 6.98. The van der Waals surface area contributed by atoms with Crippen LogP contribution in [0, 0.1) is 5.92 Å². The Balaban J connectivity index is 2.40. The predicted molar refractivity (Wildman–Crippen MR) is 77.7 cm³/mol. The van der Waals surface area contributed by atoms with Gasteiger partial charge in [-0.3, -0.25) is 9.78 Å². The van der Waals surface area contributed by atoms with Crippen molar-refractivity contribution >= 4 is 5.91 Å². The van der Waals surface area contributed by atoms with E-state index in [2.05, 4.69) is 24.1 Å². The maximum atomic E-state index is 11.9. The summed E-state index contributed by atoms with van der Waals surface area (Å²) >= 11 is 0. The van der Waals surface area contributed by atoms with Crippen molar-refractivity contribution in [2.45, 2.75) is 52.6 Å². The summed E-state index contributed by atoms with van der Waals surface area (Å²) in [6, 6.07) is 3.74. The van der Waals surface area contributed by atoms with Gasteiger partial charge in [-0.25, -0.2) is 0 Å². The van der Waals surface area contributed by atoms with Gasteiger partial charge in [0.05, 0.1) is 0 Å². The molecule has 0 radical (unpaired) electrons. The van der Waals surface area contributed by atoms with Crippen LogP contribution in [0.15, 0.2) is 18.3 Å². The number of amides is 1. The van der Waals surface area contributed by atoms with Crippen LogP contribution in [0.4, 0.5) is 0 Å². The van der Waals surface area contributed by atoms with Gasteiger partial charge in [-0.05, 0) is 30.9 Å². The zero-order valence-electron chi connectivity index (χ0n) is 12.1. The largest absolute Gasteiger partial charge is 0.348 e. The summed E-state index contributed by atoms with van der Waals surface area (Å²) in [7, 11) is 0. The molecule has 106 valence electrons. The molecule has 1 rings (SSSR count). The Labute approximate surface area is 115 Å². The highest BCUT2D eigenvalue weighted by Crippen LogP contribution is 2.08. The Hall–Kier alpha value is -1.42. The van der Waals surface area contributed by atoms with Crippen LogP contribution in [0.5, 0.6) is 0 Å². The Morgan fingerprint density at radius 3 is 2.58 bits per heavy atom. The minimum atomic E-state index is -0.111. The Bertz CT molecular complexity index is 387. The highest BCUT2D eigenvalue weighted by atomic mass is 16.1. The van der Waals surface area contributed by atoms with Crippen molar-refractivity contribution in [3.63, 3.8) is 0 Å². The summed E-state index contributed by atoms with van der Waals surface area (Å²) in [5.74, 6) is 0.606. The molecular weight excluding hydrogens is 238 g/mol. The van der Waals surface area contributed by atoms with Gasteiger partial charge in [0.1, 0.15) is 5.69 Å². The highest BCUT2D eigenvalue weighted by molar-refractivity contribution is 5.92. The van der Waals surface area contributed by atoms with Crippen molar-refractivity contribution in [2.75, 3.05) is 0 Å². The van der Waals surface area contributed by atoms with Crippen LogP contribution in [-0.4, -0.2) is 16.9 Å². The molecule has 4 nitrogen and oxygen atoms in total. The number of hydrogen-bond donors (Lipinski definition) is 2. The zero-order valence-corrected chi connectivity index (χ0v) is 12.1. The molecule has 1 heterocycles. The van der Waals surface area contributed by atoms with Crippen molar-refractivity contribution < 1.29 is 4.79 Å². The third-order valence-electron chi connectivity index (χ3n) is 3.09. The third-order valence-corrected chi connectivity index (χ3v) is 3.09. The van der Waals surface area contributed by atoms with Gasteiger partial charge < -0.3 is 11.1 Å². The van der Waals surface area contributed by atoms with Gasteiger partial charge in [-0.1, -0.05) is 32.8 Å². The number of rotatable bonds is 7. The van der Waals surface area contributed by atoms with E-state index in [1.165, 1.54) is 6.42 Å². The standard InChI is InChI=1S/C15H25N3O/c1-11(2)5-4-6-12(3)18-15(19)14-8-7-13(9-16)10-17-14/h7-8,10-12H,4-6,9,16H2,1-3H3,(H,18,19). The Morgan fingerprint density at radius 2 is 2.05 bits per heavy atom. The van der Waals surface area contributed by atoms with Crippen molar-refractivity contribution in [1.82, 2.24) is 10.3 Å². The first-order valence-electron chi connectivity index (χ1n) is 6.98. The van der Waals surface area contributed by atoms with Gasteiger partial charge >= 0.3 is 0 Å². The second-order valence-corrected chi connectivity index (χ2v) is 5.46. The topological polar surface area (TPSA) is 68.0 Å². The number of nitrogens with zero attached hydrogens (tertiary/aromatic N) is 1. The van der Waals surface area contributed by atoms with E-state index in [-0.39, 0.29) is 11.9 Å². The molecule has 0 spiro atoms. The average molecular weight is 263 g/mol. The number of carbonyl (C=O) groups is 1. The van der Waals surface area contributed by atoms with Gasteiger partial charge in [0.15, 0.2) is 0 Å². The maximum absolute atomic E-state index is 11.9. The maximum Gasteiger partial charge on any atom is 0.270 e. The van der Waals surface area contributed by atoms with Crippen LogP contribution in [0.2, 0.25) is 0 Å². The molecule has 0 fully saturated rings. The lowest BCUT2D eigenvalue weighted by molar-refractivity contribution is 0.0932. The summed E-state index contributed by atoms with van der Waals surface area (Å²) in [6.07, 6.45) is 4.99. The van der Waals surface area contributed by atoms with Crippen molar-refractivity contribution in [2.24, 2.45) is 11.7 Å². The van der Waals surface area contributed by atoms with Gasteiger partial charge in [-0.15, -0.1) is 0 Å². The number of carbonyl (C=O) groups excluding carboxylic acids is 1. The average Bonchev–Trinajstić information content (AvgIpc) is 2.38. The molecule has 1 aromatic rings. The summed E-state index contributed by atoms with van der Waals surface area (Å²) in [6.45, 7) is 6.91. The summed E-state index contributed by atoms with van der Waals surface area (Å²) in [4.78, 5) is 16.1. The SMILES string of the molecule is CC(C)CCCC(C)NC(=O)c1ccc(CN)cn1. The number of nitrogens with one attached hydrogen (secondary N) is 1. The van der Waals surface area contributed by atoms with E-state index in [1.54, 1.807) is 12.3 Å². The van der Waals surface area contributed by atoms with Crippen LogP contribution in [0.1, 0.15) is 56.1 Å². The molecule has 1 atom stereocenters. The monoisotopic (exact) mass is 263 g/mol. The molecule has 0 saturated heterocycles. The molecule has 0 bridgehead atoms. The lowest BCUT2D eigenvalue weighted by atomic mass is 10.0. The Kier molecular flexibility index (Phi) is 6.50. The molecule has 0 aromatic carbocycles. The van der Waals surface area contributed by atoms with E-state index < -0.39 is 0 Å². The zero-order chi connectivity index (χ0) is 14.3. The third kappa shape index (κ3) is 5.83. The molecule has 19 heavy (non-hydrogen) atoms. The van der Waals surface area contributed by atoms with E-state index in [1.807, 2.05) is 13.0 Å². The number of aromatic nitrogens is 1. The molecule has 0 aliphatic rings. The fraction of sp³-hybridized carbons (Fsp3) is 0.600. The minimum absolute atomic E-state index is 0.111. The van der Waals surface area contributed by atoms with Gasteiger partial charge in [0, 0.05) is 18.8 Å². The van der Waals surface area contributed by atoms with Gasteiger partial charge in [0.25, 0.3) is 5.91 Å². The summed E-state index contributed by atoms with van der Waals surface area (Å²) in [5, 5.41) is 2.97. The first-order chi connectivity index (χ1) is 9.02. The van der Waals surface area contributed by atoms with E-state index >= 15 is 0 Å². The number of pyridine rings is 1. The van der Waals surface area contributed by atoms with Crippen molar-refractivity contribution in [3.05, 3.63) is 29.6 Å². The normalized spacial score (nSPS) is 12.5. The van der Waals surface area contributed by atoms with Gasteiger partial charge in [0.2, 0.25) is 0 Å². The van der Waals surface area contributed by atoms with E-state index in [4.69, 9.17) is 5.73 Å². The summed E-state index contributed by atoms with van der Waals surface area (Å²) < 4.78 is 0. The molecule has 1 unspecified atom stereocenters. The molecular formula is C15H25N3O. The molecule has 1 amide bonds. The van der Waals surface area contributed by atoms with Crippen molar-refractivity contribution in [3.8, 4) is 0 Å². The molecule has 0 aliphatic heterocycles. The minimum Gasteiger partial charge on any atom is -0.348 e. The van der Waals surface area contributed by atoms with Crippen LogP contribution < -0.4 is 11.1 Å². The fourth-order valence-corrected chi connectivity index (χ4v) is 1.88. The molecule has 0 aliphatic carbocycles. The van der Waals surface area contributed by atoms with E-state index in [0.717, 1.165) is 18.4 Å². The summed E-state index contributed by atoms with van der Waals surface area (Å²) in [5.41, 5.74) is 6.88. The second-order valence-electron chi connectivity index (χ2n) is 5.46. The van der Waals surface area contributed by atoms with Crippen molar-refractivity contribution in [1.29, 1.82) is 0 Å². The highest BCUT2D eigenvalue weighted by Gasteiger charge is 2.10. The Morgan fingerprint density at radius 1 is 1.32 bits per heavy atom. The predicted octanol–water partition coefficient (Wildman–Crippen LogP) is 2.48. The first kappa shape index (κ1) is 15.6. The van der Waals surface area contributed by atoms with E-state index in [9.17, 15) is 4.79 Å². The van der Waals surface area contributed by atoms with Crippen LogP contribution in [0.25, 0.3) is 0 Å². The van der Waals surface area contributed by atoms with Crippen LogP contribution in [-0.2, 0) is 6.54 Å². The van der Waals surface area contributed by atoms with Gasteiger partial charge in [-0.2, -0.15) is 0 Å². The lowest BCUT2D eigenvalue weighted by Gasteiger charge is -2.14. The second kappa shape index (κ2) is 7.89. The van der Waals surface area contributed by atoms with Crippen LogP contribution in [0.3, 0.4) is 0 Å². The molecule has 3 N–H and O–H groups in total. The smallest absolute Gasteiger partial charge is 0.270 e. The molecule has 1 aromatic heterocycles. The lowest BCUT2D eigenvalue weighted by Crippen LogP contribution is -2.33. The van der Waals surface area contributed by atoms with E-state index in [0.29, 0.717) is 18.2 Å².